The maximum Gasteiger partial charge on any atom is 0.222 e. The first kappa shape index (κ1) is 24.0. The predicted octanol–water partition coefficient (Wildman–Crippen LogP) is 5.16. The minimum absolute atomic E-state index is 0.158. The van der Waals surface area contributed by atoms with E-state index in [1.54, 1.807) is 19.3 Å². The Morgan fingerprint density at radius 1 is 1.03 bits per heavy atom. The van der Waals surface area contributed by atoms with Gasteiger partial charge in [-0.25, -0.2) is 15.0 Å². The summed E-state index contributed by atoms with van der Waals surface area (Å²) in [5.41, 5.74) is 4.95. The van der Waals surface area contributed by atoms with Crippen molar-refractivity contribution in [2.24, 2.45) is 0 Å². The van der Waals surface area contributed by atoms with Crippen LogP contribution < -0.4 is 20.1 Å². The Balaban J connectivity index is 2.09. The largest absolute Gasteiger partial charge is 0.478 e. The lowest BCUT2D eigenvalue weighted by molar-refractivity contribution is 0.323. The summed E-state index contributed by atoms with van der Waals surface area (Å²) in [6.07, 6.45) is 3.42. The van der Waals surface area contributed by atoms with Gasteiger partial charge in [-0.05, 0) is 58.9 Å². The van der Waals surface area contributed by atoms with E-state index in [0.717, 1.165) is 22.5 Å². The van der Waals surface area contributed by atoms with E-state index in [0.29, 0.717) is 48.6 Å². The van der Waals surface area contributed by atoms with E-state index in [1.165, 1.54) is 0 Å². The van der Waals surface area contributed by atoms with Crippen molar-refractivity contribution in [1.29, 1.82) is 5.41 Å². The molecule has 174 valence electrons. The van der Waals surface area contributed by atoms with E-state index < -0.39 is 0 Å². The molecule has 0 saturated heterocycles. The number of ether oxygens (including phenoxy) is 2. The van der Waals surface area contributed by atoms with Gasteiger partial charge < -0.3 is 25.5 Å². The molecule has 0 aliphatic rings. The maximum absolute atomic E-state index is 8.39. The Bertz CT molecular complexity index is 1100. The molecule has 33 heavy (non-hydrogen) atoms. The van der Waals surface area contributed by atoms with Crippen molar-refractivity contribution in [3.8, 4) is 23.0 Å². The molecule has 0 aliphatic carbocycles. The average molecular weight is 449 g/mol. The molecule has 3 aromatic rings. The molecule has 0 amide bonds. The highest BCUT2D eigenvalue weighted by Crippen LogP contribution is 2.35. The lowest BCUT2D eigenvalue weighted by Gasteiger charge is -2.21. The van der Waals surface area contributed by atoms with Crippen LogP contribution in [0.2, 0.25) is 0 Å². The fourth-order valence-corrected chi connectivity index (χ4v) is 3.38. The van der Waals surface area contributed by atoms with Gasteiger partial charge in [0.05, 0.1) is 41.6 Å². The summed E-state index contributed by atoms with van der Waals surface area (Å²) in [6.45, 7) is 11.3. The zero-order valence-corrected chi connectivity index (χ0v) is 19.9. The van der Waals surface area contributed by atoms with E-state index >= 15 is 0 Å². The van der Waals surface area contributed by atoms with Gasteiger partial charge in [-0.3, -0.25) is 0 Å². The molecular weight excluding hydrogens is 416 g/mol. The minimum atomic E-state index is 0.158. The van der Waals surface area contributed by atoms with Crippen LogP contribution in [0.1, 0.15) is 45.9 Å². The number of nitrogens with one attached hydrogen (secondary N) is 3. The molecule has 0 radical (unpaired) electrons. The maximum atomic E-state index is 8.39. The van der Waals surface area contributed by atoms with Gasteiger partial charge in [-0.1, -0.05) is 6.07 Å². The third-order valence-corrected chi connectivity index (χ3v) is 4.74. The van der Waals surface area contributed by atoms with E-state index in [4.69, 9.17) is 19.9 Å². The minimum Gasteiger partial charge on any atom is -0.478 e. The Hall–Kier alpha value is -3.68. The highest BCUT2D eigenvalue weighted by molar-refractivity contribution is 6.03. The van der Waals surface area contributed by atoms with E-state index in [-0.39, 0.29) is 6.04 Å². The number of hydrogen-bond donors (Lipinski definition) is 3. The van der Waals surface area contributed by atoms with Crippen LogP contribution in [0.25, 0.3) is 11.3 Å². The zero-order valence-electron chi connectivity index (χ0n) is 19.9. The molecule has 0 spiro atoms. The number of anilines is 2. The van der Waals surface area contributed by atoms with Gasteiger partial charge in [0.15, 0.2) is 0 Å². The van der Waals surface area contributed by atoms with Gasteiger partial charge in [0.1, 0.15) is 5.69 Å². The van der Waals surface area contributed by atoms with Crippen LogP contribution >= 0.6 is 0 Å². The monoisotopic (exact) mass is 448 g/mol. The van der Waals surface area contributed by atoms with Crippen LogP contribution in [0, 0.1) is 5.41 Å². The Morgan fingerprint density at radius 3 is 2.36 bits per heavy atom. The zero-order chi connectivity index (χ0) is 23.8. The van der Waals surface area contributed by atoms with Crippen LogP contribution in [0.4, 0.5) is 11.4 Å². The van der Waals surface area contributed by atoms with Crippen molar-refractivity contribution >= 4 is 17.1 Å². The Morgan fingerprint density at radius 2 is 1.70 bits per heavy atom. The standard InChI is InChI=1S/C25H32N6O2/c1-6-32-24-18(10-8-12-27-24)15-29-21-14-20(19-11-9-13-28-25(19)33-7-2)31-22(17(5)26)23(21)30-16(3)4/h8-14,16,26,30H,6-7,15H2,1-5H3,(H,29,31). The molecule has 0 atom stereocenters. The molecule has 0 aliphatic heterocycles. The first-order chi connectivity index (χ1) is 15.9. The van der Waals surface area contributed by atoms with E-state index in [2.05, 4.69) is 34.4 Å². The average Bonchev–Trinajstić information content (AvgIpc) is 2.79. The molecule has 3 rings (SSSR count). The summed E-state index contributed by atoms with van der Waals surface area (Å²) >= 11 is 0. The first-order valence-corrected chi connectivity index (χ1v) is 11.2. The number of rotatable bonds is 11. The molecule has 8 nitrogen and oxygen atoms in total. The van der Waals surface area contributed by atoms with Crippen molar-refractivity contribution in [2.45, 2.75) is 47.2 Å². The van der Waals surface area contributed by atoms with Gasteiger partial charge in [0, 0.05) is 30.5 Å². The summed E-state index contributed by atoms with van der Waals surface area (Å²) in [4.78, 5) is 13.5. The normalized spacial score (nSPS) is 10.7. The summed E-state index contributed by atoms with van der Waals surface area (Å²) in [7, 11) is 0. The topological polar surface area (TPSA) is 105 Å². The fourth-order valence-electron chi connectivity index (χ4n) is 3.38. The Labute approximate surface area is 195 Å². The molecule has 0 unspecified atom stereocenters. The van der Waals surface area contributed by atoms with Gasteiger partial charge in [-0.2, -0.15) is 0 Å². The van der Waals surface area contributed by atoms with Crippen molar-refractivity contribution in [3.05, 3.63) is 54.0 Å². The molecule has 0 bridgehead atoms. The van der Waals surface area contributed by atoms with Crippen molar-refractivity contribution in [3.63, 3.8) is 0 Å². The van der Waals surface area contributed by atoms with Crippen LogP contribution in [0.15, 0.2) is 42.7 Å². The lowest BCUT2D eigenvalue weighted by Crippen LogP contribution is -2.17. The van der Waals surface area contributed by atoms with E-state index in [9.17, 15) is 0 Å². The van der Waals surface area contributed by atoms with Crippen molar-refractivity contribution in [1.82, 2.24) is 15.0 Å². The number of nitrogens with zero attached hydrogens (tertiary/aromatic N) is 3. The molecule has 3 N–H and O–H groups in total. The van der Waals surface area contributed by atoms with Gasteiger partial charge in [0.25, 0.3) is 0 Å². The lowest BCUT2D eigenvalue weighted by atomic mass is 10.1. The van der Waals surface area contributed by atoms with Crippen LogP contribution in [-0.4, -0.2) is 39.9 Å². The molecule has 3 aromatic heterocycles. The molecule has 8 heteroatoms. The summed E-state index contributed by atoms with van der Waals surface area (Å²) in [5.74, 6) is 1.12. The number of aromatic nitrogens is 3. The van der Waals surface area contributed by atoms with Gasteiger partial charge >= 0.3 is 0 Å². The fraction of sp³-hybridized carbons (Fsp3) is 0.360. The van der Waals surface area contributed by atoms with Crippen molar-refractivity contribution in [2.75, 3.05) is 23.8 Å². The third kappa shape index (κ3) is 5.97. The Kier molecular flexibility index (Phi) is 8.18. The number of pyridine rings is 3. The smallest absolute Gasteiger partial charge is 0.222 e. The summed E-state index contributed by atoms with van der Waals surface area (Å²) in [5, 5.41) is 15.4. The van der Waals surface area contributed by atoms with E-state index in [1.807, 2.05) is 44.2 Å². The SMILES string of the molecule is CCOc1ncccc1CNc1cc(-c2cccnc2OCC)nc(C(C)=N)c1NC(C)C. The molecule has 3 heterocycles. The third-order valence-electron chi connectivity index (χ3n) is 4.74. The second-order valence-electron chi connectivity index (χ2n) is 7.75. The van der Waals surface area contributed by atoms with Crippen LogP contribution in [0.5, 0.6) is 11.8 Å². The quantitative estimate of drug-likeness (QED) is 0.348. The molecule has 0 saturated carbocycles. The highest BCUT2D eigenvalue weighted by Gasteiger charge is 2.19. The van der Waals surface area contributed by atoms with Gasteiger partial charge in [-0.15, -0.1) is 0 Å². The first-order valence-electron chi connectivity index (χ1n) is 11.2. The molecule has 0 fully saturated rings. The van der Waals surface area contributed by atoms with Crippen LogP contribution in [-0.2, 0) is 6.54 Å². The second kappa shape index (κ2) is 11.3. The van der Waals surface area contributed by atoms with Gasteiger partial charge in [0.2, 0.25) is 11.8 Å². The van der Waals surface area contributed by atoms with Crippen molar-refractivity contribution < 1.29 is 9.47 Å². The summed E-state index contributed by atoms with van der Waals surface area (Å²) < 4.78 is 11.4. The second-order valence-corrected chi connectivity index (χ2v) is 7.75. The highest BCUT2D eigenvalue weighted by atomic mass is 16.5. The molecular formula is C25H32N6O2. The number of hydrogen-bond acceptors (Lipinski definition) is 8. The predicted molar refractivity (Wildman–Crippen MR) is 133 cm³/mol. The summed E-state index contributed by atoms with van der Waals surface area (Å²) in [6, 6.07) is 9.78. The molecule has 0 aromatic carbocycles. The van der Waals surface area contributed by atoms with Crippen LogP contribution in [0.3, 0.4) is 0 Å².